The summed E-state index contributed by atoms with van der Waals surface area (Å²) in [6.45, 7) is 12.6. The molecular weight excluding hydrogens is 701 g/mol. The molecule has 0 spiro atoms. The molecule has 5 nitrogen and oxygen atoms in total. The van der Waals surface area contributed by atoms with E-state index in [1.54, 1.807) is 0 Å². The first-order valence-corrected chi connectivity index (χ1v) is 24.4. The third-order valence-electron chi connectivity index (χ3n) is 11.7. The Kier molecular flexibility index (Phi) is 29.5. The molecule has 2 rings (SSSR count). The summed E-state index contributed by atoms with van der Waals surface area (Å²) in [6, 6.07) is 12.4. The second-order valence-electron chi connectivity index (χ2n) is 18.2. The van der Waals surface area contributed by atoms with E-state index in [0.29, 0.717) is 6.54 Å². The van der Waals surface area contributed by atoms with Crippen LogP contribution in [-0.2, 0) is 23.7 Å². The molecule has 0 radical (unpaired) electrons. The highest BCUT2D eigenvalue weighted by Gasteiger charge is 2.24. The third kappa shape index (κ3) is 25.5. The first-order chi connectivity index (χ1) is 27.8. The molecule has 0 aliphatic carbocycles. The van der Waals surface area contributed by atoms with E-state index in [2.05, 4.69) is 82.0 Å². The van der Waals surface area contributed by atoms with E-state index in [1.165, 1.54) is 166 Å². The Morgan fingerprint density at radius 1 is 0.632 bits per heavy atom. The standard InChI is InChI=1S/C52H90N2O3/c1-7-9-11-13-15-17-19-21-23-25-27-29-31-33-38-50(51(55)53-42-41-46-37-34-35-43-54(46)6)57-47-39-40-49(48(45-47)52(3,4)5)56-44-36-32-30-28-26-24-22-20-18-16-14-12-10-8-2/h34-35,37,39-40,43,45,50H,7-33,36,38,41-42,44H2,1-6H3/p+1. The van der Waals surface area contributed by atoms with Crippen LogP contribution in [0.15, 0.2) is 42.6 Å². The zero-order chi connectivity index (χ0) is 41.2. The maximum Gasteiger partial charge on any atom is 0.261 e. The molecule has 0 bridgehead atoms. The summed E-state index contributed by atoms with van der Waals surface area (Å²) < 4.78 is 15.1. The number of nitrogens with zero attached hydrogens (tertiary/aromatic N) is 1. The van der Waals surface area contributed by atoms with Crippen LogP contribution in [0.5, 0.6) is 11.5 Å². The van der Waals surface area contributed by atoms with E-state index in [0.717, 1.165) is 55.8 Å². The number of hydrogen-bond acceptors (Lipinski definition) is 3. The number of aryl methyl sites for hydroxylation is 1. The molecule has 0 saturated heterocycles. The van der Waals surface area contributed by atoms with Crippen LogP contribution in [0.3, 0.4) is 0 Å². The summed E-state index contributed by atoms with van der Waals surface area (Å²) in [5, 5.41) is 3.20. The Bertz CT molecular complexity index is 1250. The highest BCUT2D eigenvalue weighted by atomic mass is 16.5. The smallest absolute Gasteiger partial charge is 0.261 e. The topological polar surface area (TPSA) is 51.4 Å². The maximum atomic E-state index is 13.6. The number of nitrogens with one attached hydrogen (secondary N) is 1. The molecule has 2 aromatic rings. The normalized spacial score (nSPS) is 12.2. The van der Waals surface area contributed by atoms with Crippen molar-refractivity contribution in [3.63, 3.8) is 0 Å². The van der Waals surface area contributed by atoms with Crippen molar-refractivity contribution >= 4 is 5.91 Å². The molecule has 1 aromatic heterocycles. The monoisotopic (exact) mass is 792 g/mol. The van der Waals surface area contributed by atoms with Crippen molar-refractivity contribution < 1.29 is 18.8 Å². The zero-order valence-electron chi connectivity index (χ0n) is 38.4. The quantitative estimate of drug-likeness (QED) is 0.0548. The Labute approximate surface area is 353 Å². The van der Waals surface area contributed by atoms with Crippen LogP contribution in [-0.4, -0.2) is 25.2 Å². The lowest BCUT2D eigenvalue weighted by Crippen LogP contribution is -2.41. The van der Waals surface area contributed by atoms with Crippen molar-refractivity contribution in [1.82, 2.24) is 5.32 Å². The van der Waals surface area contributed by atoms with Gasteiger partial charge in [-0.25, -0.2) is 4.57 Å². The molecule has 0 fully saturated rings. The first kappa shape index (κ1) is 50.6. The highest BCUT2D eigenvalue weighted by Crippen LogP contribution is 2.35. The molecule has 1 amide bonds. The highest BCUT2D eigenvalue weighted by molar-refractivity contribution is 5.81. The van der Waals surface area contributed by atoms with Crippen LogP contribution in [0.1, 0.15) is 232 Å². The van der Waals surface area contributed by atoms with Gasteiger partial charge in [-0.3, -0.25) is 4.79 Å². The second-order valence-corrected chi connectivity index (χ2v) is 18.2. The van der Waals surface area contributed by atoms with Gasteiger partial charge in [0.05, 0.1) is 6.61 Å². The molecule has 1 aromatic carbocycles. The SMILES string of the molecule is CCCCCCCCCCCCCCCCOc1ccc(OC(CCCCCCCCCCCCCCCC)C(=O)NCCc2cccc[n+]2C)cc1C(C)(C)C. The number of unbranched alkanes of at least 4 members (excludes halogenated alkanes) is 26. The predicted molar refractivity (Wildman–Crippen MR) is 245 cm³/mol. The van der Waals surface area contributed by atoms with Gasteiger partial charge in [-0.15, -0.1) is 0 Å². The van der Waals surface area contributed by atoms with Crippen LogP contribution < -0.4 is 19.4 Å². The zero-order valence-corrected chi connectivity index (χ0v) is 38.4. The van der Waals surface area contributed by atoms with Gasteiger partial charge in [0.1, 0.15) is 18.5 Å². The van der Waals surface area contributed by atoms with Crippen molar-refractivity contribution in [3.8, 4) is 11.5 Å². The Morgan fingerprint density at radius 2 is 1.11 bits per heavy atom. The van der Waals surface area contributed by atoms with Gasteiger partial charge in [0, 0.05) is 30.7 Å². The molecule has 0 aliphatic heterocycles. The van der Waals surface area contributed by atoms with Crippen molar-refractivity contribution in [3.05, 3.63) is 53.9 Å². The summed E-state index contributed by atoms with van der Waals surface area (Å²) in [5.41, 5.74) is 2.22. The van der Waals surface area contributed by atoms with Gasteiger partial charge in [-0.2, -0.15) is 0 Å². The summed E-state index contributed by atoms with van der Waals surface area (Å²) >= 11 is 0. The number of aromatic nitrogens is 1. The van der Waals surface area contributed by atoms with Gasteiger partial charge >= 0.3 is 0 Å². The van der Waals surface area contributed by atoms with E-state index < -0.39 is 6.10 Å². The third-order valence-corrected chi connectivity index (χ3v) is 11.7. The average molecular weight is 792 g/mol. The molecule has 1 heterocycles. The number of ether oxygens (including phenoxy) is 2. The molecular formula is C52H91N2O3+. The van der Waals surface area contributed by atoms with Crippen LogP contribution >= 0.6 is 0 Å². The lowest BCUT2D eigenvalue weighted by Gasteiger charge is -2.25. The fourth-order valence-electron chi connectivity index (χ4n) is 7.95. The molecule has 5 heteroatoms. The minimum Gasteiger partial charge on any atom is -0.493 e. The van der Waals surface area contributed by atoms with Gasteiger partial charge in [-0.1, -0.05) is 208 Å². The number of amides is 1. The predicted octanol–water partition coefficient (Wildman–Crippen LogP) is 14.6. The number of rotatable bonds is 37. The number of benzene rings is 1. The van der Waals surface area contributed by atoms with Crippen molar-refractivity contribution in [1.29, 1.82) is 0 Å². The van der Waals surface area contributed by atoms with Crippen molar-refractivity contribution in [2.45, 2.75) is 239 Å². The number of hydrogen-bond donors (Lipinski definition) is 1. The summed E-state index contributed by atoms with van der Waals surface area (Å²) in [6.07, 6.45) is 40.5. The molecule has 1 atom stereocenters. The first-order valence-electron chi connectivity index (χ1n) is 24.4. The van der Waals surface area contributed by atoms with E-state index in [-0.39, 0.29) is 11.3 Å². The maximum absolute atomic E-state index is 13.6. The second kappa shape index (κ2) is 33.3. The largest absolute Gasteiger partial charge is 0.493 e. The van der Waals surface area contributed by atoms with Crippen molar-refractivity contribution in [2.75, 3.05) is 13.2 Å². The van der Waals surface area contributed by atoms with Gasteiger partial charge < -0.3 is 14.8 Å². The Balaban J connectivity index is 1.81. The molecule has 57 heavy (non-hydrogen) atoms. The molecule has 0 saturated carbocycles. The molecule has 0 aliphatic rings. The average Bonchev–Trinajstić information content (AvgIpc) is 3.19. The van der Waals surface area contributed by atoms with Crippen molar-refractivity contribution in [2.24, 2.45) is 7.05 Å². The lowest BCUT2D eigenvalue weighted by atomic mass is 9.86. The molecule has 1 N–H and O–H groups in total. The Hall–Kier alpha value is -2.56. The van der Waals surface area contributed by atoms with Crippen LogP contribution in [0.25, 0.3) is 0 Å². The minimum absolute atomic E-state index is 0.0151. The minimum atomic E-state index is -0.512. The summed E-state index contributed by atoms with van der Waals surface area (Å²) in [4.78, 5) is 13.6. The van der Waals surface area contributed by atoms with E-state index in [1.807, 2.05) is 12.1 Å². The summed E-state index contributed by atoms with van der Waals surface area (Å²) in [7, 11) is 2.05. The van der Waals surface area contributed by atoms with Gasteiger partial charge in [0.2, 0.25) is 0 Å². The van der Waals surface area contributed by atoms with Gasteiger partial charge in [-0.05, 0) is 42.9 Å². The van der Waals surface area contributed by atoms with E-state index in [9.17, 15) is 4.79 Å². The van der Waals surface area contributed by atoms with Gasteiger partial charge in [0.15, 0.2) is 18.0 Å². The van der Waals surface area contributed by atoms with E-state index >= 15 is 0 Å². The Morgan fingerprint density at radius 3 is 1.58 bits per heavy atom. The molecule has 1 unspecified atom stereocenters. The van der Waals surface area contributed by atoms with Crippen LogP contribution in [0, 0.1) is 0 Å². The summed E-state index contributed by atoms with van der Waals surface area (Å²) in [5.74, 6) is 1.68. The van der Waals surface area contributed by atoms with E-state index in [4.69, 9.17) is 9.47 Å². The molecule has 326 valence electrons. The van der Waals surface area contributed by atoms with Crippen LogP contribution in [0.2, 0.25) is 0 Å². The number of carbonyl (C=O) groups excluding carboxylic acids is 1. The van der Waals surface area contributed by atoms with Gasteiger partial charge in [0.25, 0.3) is 5.91 Å². The fourth-order valence-corrected chi connectivity index (χ4v) is 7.95. The van der Waals surface area contributed by atoms with Crippen LogP contribution in [0.4, 0.5) is 0 Å². The number of carbonyl (C=O) groups is 1. The lowest BCUT2D eigenvalue weighted by molar-refractivity contribution is -0.679. The fraction of sp³-hybridized carbons (Fsp3) is 0.769. The number of pyridine rings is 1.